The van der Waals surface area contributed by atoms with Crippen molar-refractivity contribution in [2.24, 2.45) is 0 Å². The molecule has 18 heavy (non-hydrogen) atoms. The zero-order valence-electron chi connectivity index (χ0n) is 11.0. The third-order valence-corrected chi connectivity index (χ3v) is 2.83. The predicted octanol–water partition coefficient (Wildman–Crippen LogP) is 1.09. The fraction of sp³-hybridized carbons (Fsp3) is 0.385. The van der Waals surface area contributed by atoms with Crippen molar-refractivity contribution >= 4 is 0 Å². The second kappa shape index (κ2) is 5.75. The van der Waals surface area contributed by atoms with E-state index in [-0.39, 0.29) is 6.04 Å². The maximum absolute atomic E-state index is 4.17. The normalized spacial score (nSPS) is 12.9. The standard InChI is InChI=1S/C13H19N5/c1-14-12(10-17(2)3)13-9-15-16-18(13)11-7-5-4-6-8-11/h4-9,12,14H,10H2,1-3H3. The molecule has 2 aromatic rings. The molecule has 1 aromatic heterocycles. The van der Waals surface area contributed by atoms with Gasteiger partial charge in [0.1, 0.15) is 0 Å². The molecule has 1 aromatic carbocycles. The number of aromatic nitrogens is 3. The van der Waals surface area contributed by atoms with Gasteiger partial charge in [0, 0.05) is 6.54 Å². The number of nitrogens with one attached hydrogen (secondary N) is 1. The van der Waals surface area contributed by atoms with Crippen LogP contribution < -0.4 is 5.32 Å². The molecule has 1 heterocycles. The summed E-state index contributed by atoms with van der Waals surface area (Å²) in [6.07, 6.45) is 1.82. The van der Waals surface area contributed by atoms with Gasteiger partial charge < -0.3 is 10.2 Å². The Morgan fingerprint density at radius 3 is 2.61 bits per heavy atom. The molecule has 0 spiro atoms. The van der Waals surface area contributed by atoms with Crippen LogP contribution in [0.15, 0.2) is 36.5 Å². The number of hydrogen-bond acceptors (Lipinski definition) is 4. The minimum absolute atomic E-state index is 0.204. The lowest BCUT2D eigenvalue weighted by Crippen LogP contribution is -2.30. The summed E-state index contributed by atoms with van der Waals surface area (Å²) in [4.78, 5) is 2.14. The van der Waals surface area contributed by atoms with E-state index in [2.05, 4.69) is 34.6 Å². The van der Waals surface area contributed by atoms with Crippen LogP contribution in [0.3, 0.4) is 0 Å². The second-order valence-electron chi connectivity index (χ2n) is 4.51. The van der Waals surface area contributed by atoms with Crippen LogP contribution >= 0.6 is 0 Å². The van der Waals surface area contributed by atoms with Crippen molar-refractivity contribution in [1.82, 2.24) is 25.2 Å². The molecule has 0 saturated heterocycles. The smallest absolute Gasteiger partial charge is 0.0828 e. The molecule has 5 heteroatoms. The maximum Gasteiger partial charge on any atom is 0.0828 e. The lowest BCUT2D eigenvalue weighted by molar-refractivity contribution is 0.346. The van der Waals surface area contributed by atoms with Crippen molar-refractivity contribution in [3.63, 3.8) is 0 Å². The van der Waals surface area contributed by atoms with Gasteiger partial charge in [0.15, 0.2) is 0 Å². The summed E-state index contributed by atoms with van der Waals surface area (Å²) in [5, 5.41) is 11.5. The largest absolute Gasteiger partial charge is 0.311 e. The average Bonchev–Trinajstić information content (AvgIpc) is 2.86. The van der Waals surface area contributed by atoms with Crippen LogP contribution in [-0.2, 0) is 0 Å². The molecule has 1 atom stereocenters. The van der Waals surface area contributed by atoms with Gasteiger partial charge in [0.2, 0.25) is 0 Å². The van der Waals surface area contributed by atoms with Crippen molar-refractivity contribution in [3.05, 3.63) is 42.2 Å². The molecule has 0 aliphatic carbocycles. The summed E-state index contributed by atoms with van der Waals surface area (Å²) in [7, 11) is 6.07. The topological polar surface area (TPSA) is 46.0 Å². The van der Waals surface area contributed by atoms with E-state index in [0.717, 1.165) is 17.9 Å². The molecule has 5 nitrogen and oxygen atoms in total. The van der Waals surface area contributed by atoms with Gasteiger partial charge in [-0.15, -0.1) is 5.10 Å². The van der Waals surface area contributed by atoms with E-state index < -0.39 is 0 Å². The highest BCUT2D eigenvalue weighted by atomic mass is 15.4. The quantitative estimate of drug-likeness (QED) is 0.856. The Hall–Kier alpha value is -1.72. The molecule has 1 N–H and O–H groups in total. The molecule has 0 aliphatic rings. The Labute approximate surface area is 107 Å². The van der Waals surface area contributed by atoms with Crippen molar-refractivity contribution in [2.75, 3.05) is 27.7 Å². The monoisotopic (exact) mass is 245 g/mol. The molecule has 0 radical (unpaired) electrons. The number of likely N-dealkylation sites (N-methyl/N-ethyl adjacent to an activating group) is 2. The van der Waals surface area contributed by atoms with Gasteiger partial charge in [-0.05, 0) is 33.3 Å². The van der Waals surface area contributed by atoms with E-state index in [9.17, 15) is 0 Å². The molecule has 96 valence electrons. The maximum atomic E-state index is 4.17. The van der Waals surface area contributed by atoms with Crippen molar-refractivity contribution < 1.29 is 0 Å². The molecule has 2 rings (SSSR count). The zero-order chi connectivity index (χ0) is 13.0. The van der Waals surface area contributed by atoms with Crippen LogP contribution in [0.5, 0.6) is 0 Å². The fourth-order valence-electron chi connectivity index (χ4n) is 1.95. The summed E-state index contributed by atoms with van der Waals surface area (Å²) in [5.74, 6) is 0. The van der Waals surface area contributed by atoms with Gasteiger partial charge in [-0.1, -0.05) is 23.4 Å². The molecule has 1 unspecified atom stereocenters. The van der Waals surface area contributed by atoms with Gasteiger partial charge >= 0.3 is 0 Å². The van der Waals surface area contributed by atoms with Crippen LogP contribution in [-0.4, -0.2) is 47.6 Å². The molecular formula is C13H19N5. The second-order valence-corrected chi connectivity index (χ2v) is 4.51. The Bertz CT molecular complexity index is 477. The van der Waals surface area contributed by atoms with Gasteiger partial charge in [0.05, 0.1) is 23.6 Å². The number of rotatable bonds is 5. The number of benzene rings is 1. The molecule has 0 amide bonds. The summed E-state index contributed by atoms with van der Waals surface area (Å²) in [5.41, 5.74) is 2.10. The van der Waals surface area contributed by atoms with Crippen LogP contribution in [0, 0.1) is 0 Å². The fourth-order valence-corrected chi connectivity index (χ4v) is 1.95. The first-order chi connectivity index (χ1) is 8.72. The van der Waals surface area contributed by atoms with E-state index in [1.807, 2.05) is 48.3 Å². The van der Waals surface area contributed by atoms with E-state index in [4.69, 9.17) is 0 Å². The van der Waals surface area contributed by atoms with Crippen LogP contribution in [0.1, 0.15) is 11.7 Å². The Morgan fingerprint density at radius 1 is 1.28 bits per heavy atom. The van der Waals surface area contributed by atoms with Crippen molar-refractivity contribution in [3.8, 4) is 5.69 Å². The first kappa shape index (κ1) is 12.7. The number of nitrogens with zero attached hydrogens (tertiary/aromatic N) is 4. The zero-order valence-corrected chi connectivity index (χ0v) is 11.0. The molecular weight excluding hydrogens is 226 g/mol. The minimum atomic E-state index is 0.204. The summed E-state index contributed by atoms with van der Waals surface area (Å²) in [6.45, 7) is 0.900. The average molecular weight is 245 g/mol. The van der Waals surface area contributed by atoms with E-state index >= 15 is 0 Å². The van der Waals surface area contributed by atoms with Crippen molar-refractivity contribution in [2.45, 2.75) is 6.04 Å². The van der Waals surface area contributed by atoms with Crippen LogP contribution in [0.2, 0.25) is 0 Å². The van der Waals surface area contributed by atoms with Gasteiger partial charge in [-0.3, -0.25) is 0 Å². The molecule has 0 bridgehead atoms. The van der Waals surface area contributed by atoms with E-state index in [1.165, 1.54) is 0 Å². The van der Waals surface area contributed by atoms with Gasteiger partial charge in [-0.25, -0.2) is 4.68 Å². The van der Waals surface area contributed by atoms with Gasteiger partial charge in [0.25, 0.3) is 0 Å². The lowest BCUT2D eigenvalue weighted by atomic mass is 10.2. The van der Waals surface area contributed by atoms with Crippen molar-refractivity contribution in [1.29, 1.82) is 0 Å². The summed E-state index contributed by atoms with van der Waals surface area (Å²) < 4.78 is 1.88. The minimum Gasteiger partial charge on any atom is -0.311 e. The Morgan fingerprint density at radius 2 is 2.00 bits per heavy atom. The van der Waals surface area contributed by atoms with E-state index in [1.54, 1.807) is 0 Å². The SMILES string of the molecule is CNC(CN(C)C)c1cnnn1-c1ccccc1. The molecule has 0 saturated carbocycles. The van der Waals surface area contributed by atoms with Gasteiger partial charge in [-0.2, -0.15) is 0 Å². The summed E-state index contributed by atoms with van der Waals surface area (Å²) in [6, 6.07) is 10.3. The highest BCUT2D eigenvalue weighted by Crippen LogP contribution is 2.16. The van der Waals surface area contributed by atoms with Crippen LogP contribution in [0.25, 0.3) is 5.69 Å². The van der Waals surface area contributed by atoms with Crippen LogP contribution in [0.4, 0.5) is 0 Å². The first-order valence-electron chi connectivity index (χ1n) is 6.00. The van der Waals surface area contributed by atoms with E-state index in [0.29, 0.717) is 0 Å². The highest BCUT2D eigenvalue weighted by Gasteiger charge is 2.16. The number of hydrogen-bond donors (Lipinski definition) is 1. The Kier molecular flexibility index (Phi) is 4.07. The third kappa shape index (κ3) is 2.75. The highest BCUT2D eigenvalue weighted by molar-refractivity contribution is 5.32. The predicted molar refractivity (Wildman–Crippen MR) is 71.7 cm³/mol. The lowest BCUT2D eigenvalue weighted by Gasteiger charge is -2.20. The number of para-hydroxylation sites is 1. The summed E-state index contributed by atoms with van der Waals surface area (Å²) >= 11 is 0. The Balaban J connectivity index is 2.32. The third-order valence-electron chi connectivity index (χ3n) is 2.83. The molecule has 0 aliphatic heterocycles. The molecule has 0 fully saturated rings. The first-order valence-corrected chi connectivity index (χ1v) is 6.00.